The Morgan fingerprint density at radius 1 is 1.47 bits per heavy atom. The third-order valence-electron chi connectivity index (χ3n) is 2.79. The van der Waals surface area contributed by atoms with Crippen molar-refractivity contribution in [1.29, 1.82) is 0 Å². The maximum absolute atomic E-state index is 5.57. The van der Waals surface area contributed by atoms with Crippen LogP contribution < -0.4 is 11.3 Å². The minimum absolute atomic E-state index is 0.0894. The molecule has 1 aromatic heterocycles. The Labute approximate surface area is 89.0 Å². The molecule has 0 amide bonds. The molecule has 5 nitrogen and oxygen atoms in total. The summed E-state index contributed by atoms with van der Waals surface area (Å²) in [5, 5.41) is 0. The van der Waals surface area contributed by atoms with Crippen molar-refractivity contribution in [2.24, 2.45) is 11.8 Å². The second-order valence-corrected chi connectivity index (χ2v) is 3.79. The van der Waals surface area contributed by atoms with E-state index in [0.717, 1.165) is 31.6 Å². The summed E-state index contributed by atoms with van der Waals surface area (Å²) in [4.78, 5) is 8.00. The van der Waals surface area contributed by atoms with Crippen molar-refractivity contribution < 1.29 is 4.74 Å². The van der Waals surface area contributed by atoms with Gasteiger partial charge in [-0.25, -0.2) is 9.97 Å². The molecule has 5 heteroatoms. The zero-order chi connectivity index (χ0) is 10.5. The molecule has 0 saturated carbocycles. The fourth-order valence-corrected chi connectivity index (χ4v) is 2.00. The highest BCUT2D eigenvalue weighted by atomic mass is 16.5. The summed E-state index contributed by atoms with van der Waals surface area (Å²) >= 11 is 0. The van der Waals surface area contributed by atoms with Gasteiger partial charge >= 0.3 is 0 Å². The quantitative estimate of drug-likeness (QED) is 0.556. The minimum atomic E-state index is 0.0894. The summed E-state index contributed by atoms with van der Waals surface area (Å²) in [6.07, 6.45) is 7.34. The molecule has 0 aromatic carbocycles. The number of rotatable bonds is 3. The second kappa shape index (κ2) is 5.16. The fourth-order valence-electron chi connectivity index (χ4n) is 2.00. The zero-order valence-electron chi connectivity index (χ0n) is 8.60. The Bertz CT molecular complexity index is 287. The van der Waals surface area contributed by atoms with Crippen molar-refractivity contribution in [3.05, 3.63) is 24.3 Å². The first-order valence-electron chi connectivity index (χ1n) is 5.20. The largest absolute Gasteiger partial charge is 0.381 e. The van der Waals surface area contributed by atoms with Crippen molar-refractivity contribution >= 4 is 0 Å². The molecule has 2 rings (SSSR count). The van der Waals surface area contributed by atoms with E-state index in [2.05, 4.69) is 15.4 Å². The molecule has 2 heterocycles. The van der Waals surface area contributed by atoms with E-state index in [4.69, 9.17) is 10.6 Å². The SMILES string of the molecule is NNC(c1cncnc1)C1CCCOC1. The number of aromatic nitrogens is 2. The van der Waals surface area contributed by atoms with Crippen molar-refractivity contribution in [3.63, 3.8) is 0 Å². The van der Waals surface area contributed by atoms with Crippen LogP contribution in [0.4, 0.5) is 0 Å². The predicted molar refractivity (Wildman–Crippen MR) is 55.6 cm³/mol. The van der Waals surface area contributed by atoms with Gasteiger partial charge in [-0.1, -0.05) is 0 Å². The van der Waals surface area contributed by atoms with Crippen LogP contribution in [0.5, 0.6) is 0 Å². The van der Waals surface area contributed by atoms with Crippen LogP contribution in [0.15, 0.2) is 18.7 Å². The second-order valence-electron chi connectivity index (χ2n) is 3.79. The van der Waals surface area contributed by atoms with Crippen molar-refractivity contribution in [3.8, 4) is 0 Å². The molecule has 1 saturated heterocycles. The molecule has 82 valence electrons. The summed E-state index contributed by atoms with van der Waals surface area (Å²) < 4.78 is 5.45. The van der Waals surface area contributed by atoms with Gasteiger partial charge in [0, 0.05) is 30.5 Å². The number of hydrogen-bond acceptors (Lipinski definition) is 5. The Morgan fingerprint density at radius 3 is 2.87 bits per heavy atom. The predicted octanol–water partition coefficient (Wildman–Crippen LogP) is 0.408. The average Bonchev–Trinajstić information content (AvgIpc) is 2.33. The normalized spacial score (nSPS) is 23.7. The molecule has 1 aromatic rings. The van der Waals surface area contributed by atoms with Gasteiger partial charge in [-0.15, -0.1) is 0 Å². The number of nitrogens with one attached hydrogen (secondary N) is 1. The number of ether oxygens (including phenoxy) is 1. The lowest BCUT2D eigenvalue weighted by atomic mass is 9.90. The van der Waals surface area contributed by atoms with Gasteiger partial charge in [0.05, 0.1) is 12.6 Å². The molecule has 1 fully saturated rings. The first-order valence-corrected chi connectivity index (χ1v) is 5.20. The van der Waals surface area contributed by atoms with E-state index >= 15 is 0 Å². The van der Waals surface area contributed by atoms with Crippen LogP contribution in [0.1, 0.15) is 24.4 Å². The molecule has 0 bridgehead atoms. The lowest BCUT2D eigenvalue weighted by molar-refractivity contribution is 0.0389. The Kier molecular flexibility index (Phi) is 3.60. The monoisotopic (exact) mass is 208 g/mol. The van der Waals surface area contributed by atoms with Crippen molar-refractivity contribution in [1.82, 2.24) is 15.4 Å². The summed E-state index contributed by atoms with van der Waals surface area (Å²) in [6.45, 7) is 1.61. The van der Waals surface area contributed by atoms with E-state index in [0.29, 0.717) is 5.92 Å². The van der Waals surface area contributed by atoms with E-state index in [-0.39, 0.29) is 6.04 Å². The summed E-state index contributed by atoms with van der Waals surface area (Å²) in [6, 6.07) is 0.0894. The van der Waals surface area contributed by atoms with Gasteiger partial charge in [0.1, 0.15) is 6.33 Å². The maximum Gasteiger partial charge on any atom is 0.115 e. The van der Waals surface area contributed by atoms with Gasteiger partial charge < -0.3 is 4.74 Å². The number of nitrogens with zero attached hydrogens (tertiary/aromatic N) is 2. The standard InChI is InChI=1S/C10H16N4O/c11-14-10(8-2-1-3-15-6-8)9-4-12-7-13-5-9/h4-5,7-8,10,14H,1-3,6,11H2. The minimum Gasteiger partial charge on any atom is -0.381 e. The highest BCUT2D eigenvalue weighted by Crippen LogP contribution is 2.27. The zero-order valence-corrected chi connectivity index (χ0v) is 8.60. The van der Waals surface area contributed by atoms with Crippen LogP contribution in [0.2, 0.25) is 0 Å². The molecule has 3 N–H and O–H groups in total. The number of hydrogen-bond donors (Lipinski definition) is 2. The van der Waals surface area contributed by atoms with Crippen LogP contribution in [0, 0.1) is 5.92 Å². The fraction of sp³-hybridized carbons (Fsp3) is 0.600. The molecule has 1 aliphatic heterocycles. The third-order valence-corrected chi connectivity index (χ3v) is 2.79. The molecule has 0 spiro atoms. The lowest BCUT2D eigenvalue weighted by Crippen LogP contribution is -2.37. The van der Waals surface area contributed by atoms with E-state index in [1.807, 2.05) is 0 Å². The molecular weight excluding hydrogens is 192 g/mol. The Morgan fingerprint density at radius 2 is 2.27 bits per heavy atom. The molecule has 0 radical (unpaired) electrons. The molecule has 0 aliphatic carbocycles. The third kappa shape index (κ3) is 2.50. The van der Waals surface area contributed by atoms with Gasteiger partial charge in [-0.3, -0.25) is 11.3 Å². The first-order chi connectivity index (χ1) is 7.42. The van der Waals surface area contributed by atoms with Crippen LogP contribution in [-0.4, -0.2) is 23.2 Å². The van der Waals surface area contributed by atoms with Crippen LogP contribution in [-0.2, 0) is 4.74 Å². The molecule has 1 aliphatic rings. The van der Waals surface area contributed by atoms with Crippen LogP contribution in [0.3, 0.4) is 0 Å². The van der Waals surface area contributed by atoms with Gasteiger partial charge in [0.2, 0.25) is 0 Å². The maximum atomic E-state index is 5.57. The van der Waals surface area contributed by atoms with Gasteiger partial charge in [-0.2, -0.15) is 0 Å². The topological polar surface area (TPSA) is 73.1 Å². The van der Waals surface area contributed by atoms with Crippen molar-refractivity contribution in [2.75, 3.05) is 13.2 Å². The molecule has 15 heavy (non-hydrogen) atoms. The average molecular weight is 208 g/mol. The van der Waals surface area contributed by atoms with E-state index in [9.17, 15) is 0 Å². The summed E-state index contributed by atoms with van der Waals surface area (Å²) in [5.41, 5.74) is 3.85. The van der Waals surface area contributed by atoms with Gasteiger partial charge in [-0.05, 0) is 12.8 Å². The molecular formula is C10H16N4O. The number of nitrogens with two attached hydrogens (primary N) is 1. The summed E-state index contributed by atoms with van der Waals surface area (Å²) in [7, 11) is 0. The van der Waals surface area contributed by atoms with Gasteiger partial charge in [0.15, 0.2) is 0 Å². The highest BCUT2D eigenvalue weighted by Gasteiger charge is 2.24. The van der Waals surface area contributed by atoms with Crippen molar-refractivity contribution in [2.45, 2.75) is 18.9 Å². The van der Waals surface area contributed by atoms with Crippen LogP contribution >= 0.6 is 0 Å². The Balaban J connectivity index is 2.09. The lowest BCUT2D eigenvalue weighted by Gasteiger charge is -2.29. The van der Waals surface area contributed by atoms with E-state index in [1.165, 1.54) is 6.33 Å². The smallest absolute Gasteiger partial charge is 0.115 e. The molecule has 2 unspecified atom stereocenters. The van der Waals surface area contributed by atoms with E-state index in [1.54, 1.807) is 12.4 Å². The van der Waals surface area contributed by atoms with Crippen LogP contribution in [0.25, 0.3) is 0 Å². The van der Waals surface area contributed by atoms with E-state index < -0.39 is 0 Å². The summed E-state index contributed by atoms with van der Waals surface area (Å²) in [5.74, 6) is 5.99. The molecule has 2 atom stereocenters. The van der Waals surface area contributed by atoms with Gasteiger partial charge in [0.25, 0.3) is 0 Å². The number of hydrazine groups is 1. The Hall–Kier alpha value is -1.04. The highest BCUT2D eigenvalue weighted by molar-refractivity contribution is 5.10. The first kappa shape index (κ1) is 10.5.